The molecule has 1 aliphatic carbocycles. The first-order chi connectivity index (χ1) is 17.1. The standard InChI is InChI=1S/C28H25NO6/c1-32-28(31)19-7-10-21(11-8-19)34-27-15-13-25(30)23-16-22(12-14-26(23)35-27)33-17-20-9-6-18-4-2-3-5-24(18)29-20/h2-7,9-10,12-16,19,21,30H,8,11,17H2,1H3. The molecular weight excluding hydrogens is 446 g/mol. The van der Waals surface area contributed by atoms with Crippen molar-refractivity contribution in [2.75, 3.05) is 7.11 Å². The number of aromatic nitrogens is 1. The van der Waals surface area contributed by atoms with Crippen LogP contribution in [-0.4, -0.2) is 29.3 Å². The minimum Gasteiger partial charge on any atom is -0.507 e. The molecule has 1 aliphatic heterocycles. The maximum Gasteiger partial charge on any atom is 0.312 e. The lowest BCUT2D eigenvalue weighted by Crippen LogP contribution is -2.23. The van der Waals surface area contributed by atoms with Crippen molar-refractivity contribution in [3.63, 3.8) is 0 Å². The summed E-state index contributed by atoms with van der Waals surface area (Å²) < 4.78 is 22.6. The smallest absolute Gasteiger partial charge is 0.312 e. The van der Waals surface area contributed by atoms with Crippen molar-refractivity contribution in [3.8, 4) is 11.5 Å². The summed E-state index contributed by atoms with van der Waals surface area (Å²) >= 11 is 0. The molecule has 178 valence electrons. The maximum atomic E-state index is 11.7. The van der Waals surface area contributed by atoms with Crippen molar-refractivity contribution in [2.45, 2.75) is 25.6 Å². The number of rotatable bonds is 6. The summed E-state index contributed by atoms with van der Waals surface area (Å²) in [6, 6.07) is 17.1. The molecule has 1 N–H and O–H groups in total. The fraction of sp³-hybridized carbons (Fsp3) is 0.214. The fourth-order valence-electron chi connectivity index (χ4n) is 4.07. The van der Waals surface area contributed by atoms with E-state index in [4.69, 9.17) is 18.9 Å². The van der Waals surface area contributed by atoms with Gasteiger partial charge in [-0.3, -0.25) is 4.79 Å². The second-order valence-corrected chi connectivity index (χ2v) is 8.33. The Balaban J connectivity index is 1.24. The summed E-state index contributed by atoms with van der Waals surface area (Å²) in [7, 11) is 1.38. The molecule has 3 aromatic rings. The number of fused-ring (bicyclic) bond motifs is 2. The Morgan fingerprint density at radius 1 is 1.09 bits per heavy atom. The van der Waals surface area contributed by atoms with E-state index in [2.05, 4.69) is 4.98 Å². The van der Waals surface area contributed by atoms with Gasteiger partial charge in [-0.15, -0.1) is 0 Å². The number of aliphatic hydroxyl groups excluding tert-OH is 1. The van der Waals surface area contributed by atoms with Gasteiger partial charge in [-0.2, -0.15) is 0 Å². The molecule has 7 heteroatoms. The van der Waals surface area contributed by atoms with Crippen LogP contribution < -0.4 is 9.47 Å². The first-order valence-electron chi connectivity index (χ1n) is 11.4. The van der Waals surface area contributed by atoms with E-state index in [0.29, 0.717) is 36.5 Å². The Hall–Kier alpha value is -4.26. The minimum atomic E-state index is -0.253. The highest BCUT2D eigenvalue weighted by Crippen LogP contribution is 2.34. The Kier molecular flexibility index (Phi) is 6.39. The molecule has 35 heavy (non-hydrogen) atoms. The molecule has 7 nitrogen and oxygen atoms in total. The number of benzene rings is 2. The van der Waals surface area contributed by atoms with Crippen LogP contribution in [0, 0.1) is 5.92 Å². The lowest BCUT2D eigenvalue weighted by atomic mass is 9.94. The summed E-state index contributed by atoms with van der Waals surface area (Å²) in [6.07, 6.45) is 7.78. The van der Waals surface area contributed by atoms with Crippen molar-refractivity contribution in [1.82, 2.24) is 4.98 Å². The molecule has 0 saturated heterocycles. The number of para-hydroxylation sites is 1. The van der Waals surface area contributed by atoms with Crippen LogP contribution in [0.3, 0.4) is 0 Å². The zero-order chi connectivity index (χ0) is 24.2. The van der Waals surface area contributed by atoms with Crippen LogP contribution in [-0.2, 0) is 20.9 Å². The highest BCUT2D eigenvalue weighted by Gasteiger charge is 2.24. The van der Waals surface area contributed by atoms with E-state index in [1.165, 1.54) is 13.2 Å². The average molecular weight is 472 g/mol. The normalized spacial score (nSPS) is 19.0. The van der Waals surface area contributed by atoms with E-state index >= 15 is 0 Å². The number of allylic oxidation sites excluding steroid dienone is 2. The number of hydrogen-bond acceptors (Lipinski definition) is 7. The molecular formula is C28H25NO6. The third-order valence-corrected chi connectivity index (χ3v) is 5.95. The van der Waals surface area contributed by atoms with Crippen molar-refractivity contribution in [3.05, 3.63) is 96.1 Å². The molecule has 2 heterocycles. The van der Waals surface area contributed by atoms with Gasteiger partial charge >= 0.3 is 5.97 Å². The third-order valence-electron chi connectivity index (χ3n) is 5.95. The number of methoxy groups -OCH3 is 1. The van der Waals surface area contributed by atoms with Crippen LogP contribution in [0.4, 0.5) is 0 Å². The highest BCUT2D eigenvalue weighted by atomic mass is 16.7. The fourth-order valence-corrected chi connectivity index (χ4v) is 4.07. The summed E-state index contributed by atoms with van der Waals surface area (Å²) in [4.78, 5) is 16.3. The SMILES string of the molecule is COC(=O)C1C=CC(OC2=CC=C(O)c3cc(OCc4ccc5ccccc5n4)ccc3O2)CC1. The Morgan fingerprint density at radius 3 is 2.80 bits per heavy atom. The molecule has 2 unspecified atom stereocenters. The second kappa shape index (κ2) is 9.93. The van der Waals surface area contributed by atoms with E-state index in [1.54, 1.807) is 30.4 Å². The molecule has 5 rings (SSSR count). The summed E-state index contributed by atoms with van der Waals surface area (Å²) in [5, 5.41) is 11.6. The first-order valence-corrected chi connectivity index (χ1v) is 11.4. The van der Waals surface area contributed by atoms with Crippen LogP contribution >= 0.6 is 0 Å². The van der Waals surface area contributed by atoms with E-state index < -0.39 is 0 Å². The summed E-state index contributed by atoms with van der Waals surface area (Å²) in [5.74, 6) is 0.826. The molecule has 0 spiro atoms. The van der Waals surface area contributed by atoms with Crippen LogP contribution in [0.25, 0.3) is 16.7 Å². The zero-order valence-corrected chi connectivity index (χ0v) is 19.2. The number of pyridine rings is 1. The Labute approximate surface area is 202 Å². The van der Waals surface area contributed by atoms with Crippen molar-refractivity contribution in [2.24, 2.45) is 5.92 Å². The van der Waals surface area contributed by atoms with Gasteiger partial charge in [-0.1, -0.05) is 30.3 Å². The molecule has 1 aromatic heterocycles. The van der Waals surface area contributed by atoms with Gasteiger partial charge in [0.05, 0.1) is 29.8 Å². The van der Waals surface area contributed by atoms with Crippen LogP contribution in [0.5, 0.6) is 11.5 Å². The summed E-state index contributed by atoms with van der Waals surface area (Å²) in [5.41, 5.74) is 2.22. The molecule has 0 amide bonds. The maximum absolute atomic E-state index is 11.7. The molecule has 2 atom stereocenters. The number of nitrogens with zero attached hydrogens (tertiary/aromatic N) is 1. The third kappa shape index (κ3) is 5.14. The molecule has 0 bridgehead atoms. The van der Waals surface area contributed by atoms with Crippen molar-refractivity contribution < 1.29 is 28.8 Å². The number of aliphatic hydroxyl groups is 1. The lowest BCUT2D eigenvalue weighted by molar-refractivity contribution is -0.144. The largest absolute Gasteiger partial charge is 0.507 e. The van der Waals surface area contributed by atoms with Gasteiger partial charge in [-0.05, 0) is 55.3 Å². The van der Waals surface area contributed by atoms with Gasteiger partial charge in [0.1, 0.15) is 30.0 Å². The number of carbonyl (C=O) groups is 1. The topological polar surface area (TPSA) is 87.1 Å². The molecule has 0 fully saturated rings. The van der Waals surface area contributed by atoms with E-state index in [1.807, 2.05) is 42.5 Å². The Bertz CT molecular complexity index is 1340. The lowest BCUT2D eigenvalue weighted by Gasteiger charge is -2.23. The van der Waals surface area contributed by atoms with Gasteiger partial charge in [0.2, 0.25) is 0 Å². The molecule has 0 radical (unpaired) electrons. The van der Waals surface area contributed by atoms with Gasteiger partial charge in [0, 0.05) is 11.5 Å². The summed E-state index contributed by atoms with van der Waals surface area (Å²) in [6.45, 7) is 0.294. The Morgan fingerprint density at radius 2 is 1.97 bits per heavy atom. The predicted molar refractivity (Wildman–Crippen MR) is 131 cm³/mol. The van der Waals surface area contributed by atoms with Gasteiger partial charge in [0.25, 0.3) is 5.95 Å². The van der Waals surface area contributed by atoms with Gasteiger partial charge < -0.3 is 24.1 Å². The monoisotopic (exact) mass is 471 g/mol. The predicted octanol–water partition coefficient (Wildman–Crippen LogP) is 5.47. The van der Waals surface area contributed by atoms with Gasteiger partial charge in [0.15, 0.2) is 0 Å². The van der Waals surface area contributed by atoms with Crippen molar-refractivity contribution >= 4 is 22.6 Å². The number of carbonyl (C=O) groups excluding carboxylic acids is 1. The van der Waals surface area contributed by atoms with Crippen LogP contribution in [0.1, 0.15) is 24.1 Å². The van der Waals surface area contributed by atoms with Crippen LogP contribution in [0.15, 0.2) is 84.8 Å². The average Bonchev–Trinajstić information content (AvgIpc) is 3.05. The highest BCUT2D eigenvalue weighted by molar-refractivity contribution is 5.78. The number of hydrogen-bond donors (Lipinski definition) is 1. The van der Waals surface area contributed by atoms with Gasteiger partial charge in [-0.25, -0.2) is 4.98 Å². The zero-order valence-electron chi connectivity index (χ0n) is 19.2. The van der Waals surface area contributed by atoms with Crippen molar-refractivity contribution in [1.29, 1.82) is 0 Å². The van der Waals surface area contributed by atoms with E-state index in [0.717, 1.165) is 16.6 Å². The molecule has 2 aliphatic rings. The quantitative estimate of drug-likeness (QED) is 0.377. The van der Waals surface area contributed by atoms with E-state index in [9.17, 15) is 9.90 Å². The van der Waals surface area contributed by atoms with Crippen LogP contribution in [0.2, 0.25) is 0 Å². The molecule has 2 aromatic carbocycles. The number of ether oxygens (including phenoxy) is 4. The molecule has 0 saturated carbocycles. The minimum absolute atomic E-state index is 0.0396. The first kappa shape index (κ1) is 22.5. The number of esters is 1. The van der Waals surface area contributed by atoms with E-state index in [-0.39, 0.29) is 29.7 Å². The second-order valence-electron chi connectivity index (χ2n) is 8.33.